The van der Waals surface area contributed by atoms with Gasteiger partial charge in [-0.2, -0.15) is 0 Å². The van der Waals surface area contributed by atoms with E-state index in [0.717, 1.165) is 57.8 Å². The first-order valence-corrected chi connectivity index (χ1v) is 10.3. The number of nitrogens with zero attached hydrogens (tertiary/aromatic N) is 2. The van der Waals surface area contributed by atoms with Crippen LogP contribution in [0.25, 0.3) is 0 Å². The predicted molar refractivity (Wildman–Crippen MR) is 106 cm³/mol. The van der Waals surface area contributed by atoms with Gasteiger partial charge in [-0.15, -0.1) is 0 Å². The van der Waals surface area contributed by atoms with Gasteiger partial charge in [0.25, 0.3) is 0 Å². The highest BCUT2D eigenvalue weighted by Crippen LogP contribution is 2.32. The number of piperidine rings is 1. The molecule has 2 aliphatic rings. The van der Waals surface area contributed by atoms with Crippen LogP contribution in [0.4, 0.5) is 4.79 Å². The fourth-order valence-corrected chi connectivity index (χ4v) is 3.89. The molecule has 0 atom stereocenters. The van der Waals surface area contributed by atoms with E-state index >= 15 is 0 Å². The number of carbonyl (C=O) groups excluding carboxylic acids is 1. The molecule has 6 heteroatoms. The van der Waals surface area contributed by atoms with E-state index < -0.39 is 5.60 Å². The van der Waals surface area contributed by atoms with Crippen LogP contribution in [0.3, 0.4) is 0 Å². The number of likely N-dealkylation sites (tertiary alicyclic amines) is 1. The summed E-state index contributed by atoms with van der Waals surface area (Å²) < 4.78 is 5.36. The maximum absolute atomic E-state index is 12.3. The molecule has 0 aliphatic carbocycles. The number of morpholine rings is 1. The Hall–Kier alpha value is -1.63. The van der Waals surface area contributed by atoms with Crippen molar-refractivity contribution in [3.63, 3.8) is 0 Å². The van der Waals surface area contributed by atoms with Crippen molar-refractivity contribution in [3.05, 3.63) is 35.9 Å². The number of unbranched alkanes of at least 4 members (excludes halogenated alkanes) is 2. The zero-order valence-corrected chi connectivity index (χ0v) is 16.2. The van der Waals surface area contributed by atoms with Gasteiger partial charge < -0.3 is 20.1 Å². The summed E-state index contributed by atoms with van der Waals surface area (Å²) in [5.41, 5.74) is 0.141. The van der Waals surface area contributed by atoms with E-state index in [1.807, 2.05) is 35.2 Å². The van der Waals surface area contributed by atoms with Crippen molar-refractivity contribution in [1.29, 1.82) is 0 Å². The molecular weight excluding hydrogens is 342 g/mol. The standard InChI is InChI=1S/C21H33N3O3/c25-20(22-11-5-2-6-12-23-15-17-27-18-16-23)24-13-9-21(26,10-14-24)19-7-3-1-4-8-19/h1,3-4,7-8,26H,2,5-6,9-18H2,(H,22,25). The third-order valence-corrected chi connectivity index (χ3v) is 5.72. The van der Waals surface area contributed by atoms with E-state index in [4.69, 9.17) is 4.74 Å². The fourth-order valence-electron chi connectivity index (χ4n) is 3.89. The number of hydrogen-bond acceptors (Lipinski definition) is 4. The van der Waals surface area contributed by atoms with E-state index in [9.17, 15) is 9.90 Å². The molecule has 0 radical (unpaired) electrons. The van der Waals surface area contributed by atoms with E-state index in [1.54, 1.807) is 0 Å². The number of aliphatic hydroxyl groups is 1. The van der Waals surface area contributed by atoms with Crippen LogP contribution in [0.2, 0.25) is 0 Å². The first kappa shape index (κ1) is 20.1. The van der Waals surface area contributed by atoms with Gasteiger partial charge in [-0.3, -0.25) is 4.90 Å². The molecule has 2 heterocycles. The maximum atomic E-state index is 12.3. The molecule has 27 heavy (non-hydrogen) atoms. The number of carbonyl (C=O) groups is 1. The number of rotatable bonds is 7. The summed E-state index contributed by atoms with van der Waals surface area (Å²) in [6.45, 7) is 6.82. The van der Waals surface area contributed by atoms with Gasteiger partial charge in [-0.25, -0.2) is 4.79 Å². The molecule has 0 spiro atoms. The summed E-state index contributed by atoms with van der Waals surface area (Å²) in [5.74, 6) is 0. The van der Waals surface area contributed by atoms with Crippen molar-refractivity contribution in [2.45, 2.75) is 37.7 Å². The zero-order valence-electron chi connectivity index (χ0n) is 16.2. The van der Waals surface area contributed by atoms with E-state index in [1.165, 1.54) is 6.42 Å². The lowest BCUT2D eigenvalue weighted by molar-refractivity contribution is -0.0167. The van der Waals surface area contributed by atoms with Crippen LogP contribution in [0.15, 0.2) is 30.3 Å². The molecular formula is C21H33N3O3. The second-order valence-corrected chi connectivity index (χ2v) is 7.63. The Morgan fingerprint density at radius 3 is 2.44 bits per heavy atom. The zero-order chi connectivity index (χ0) is 19.0. The Labute approximate surface area is 162 Å². The minimum Gasteiger partial charge on any atom is -0.385 e. The molecule has 2 saturated heterocycles. The molecule has 1 aromatic carbocycles. The molecule has 3 rings (SSSR count). The van der Waals surface area contributed by atoms with Crippen LogP contribution < -0.4 is 5.32 Å². The number of urea groups is 1. The molecule has 2 fully saturated rings. The molecule has 0 aromatic heterocycles. The van der Waals surface area contributed by atoms with Crippen molar-refractivity contribution in [2.24, 2.45) is 0 Å². The molecule has 0 saturated carbocycles. The fraction of sp³-hybridized carbons (Fsp3) is 0.667. The highest BCUT2D eigenvalue weighted by Gasteiger charge is 2.35. The van der Waals surface area contributed by atoms with Crippen LogP contribution in [0, 0.1) is 0 Å². The Bertz CT molecular complexity index is 567. The van der Waals surface area contributed by atoms with Crippen molar-refractivity contribution >= 4 is 6.03 Å². The molecule has 2 amide bonds. The van der Waals surface area contributed by atoms with Crippen molar-refractivity contribution < 1.29 is 14.6 Å². The largest absolute Gasteiger partial charge is 0.385 e. The maximum Gasteiger partial charge on any atom is 0.317 e. The van der Waals surface area contributed by atoms with Gasteiger partial charge in [0, 0.05) is 32.7 Å². The van der Waals surface area contributed by atoms with Crippen molar-refractivity contribution in [3.8, 4) is 0 Å². The Balaban J connectivity index is 1.28. The van der Waals surface area contributed by atoms with Gasteiger partial charge in [0.15, 0.2) is 0 Å². The van der Waals surface area contributed by atoms with Crippen molar-refractivity contribution in [1.82, 2.24) is 15.1 Å². The lowest BCUT2D eigenvalue weighted by Gasteiger charge is -2.38. The third-order valence-electron chi connectivity index (χ3n) is 5.72. The minimum absolute atomic E-state index is 0.00158. The van der Waals surface area contributed by atoms with Crippen molar-refractivity contribution in [2.75, 3.05) is 52.5 Å². The minimum atomic E-state index is -0.808. The summed E-state index contributed by atoms with van der Waals surface area (Å²) >= 11 is 0. The molecule has 1 aromatic rings. The number of nitrogens with one attached hydrogen (secondary N) is 1. The summed E-state index contributed by atoms with van der Waals surface area (Å²) in [7, 11) is 0. The van der Waals surface area contributed by atoms with Crippen LogP contribution in [-0.4, -0.2) is 73.4 Å². The summed E-state index contributed by atoms with van der Waals surface area (Å²) in [5, 5.41) is 13.9. The number of hydrogen-bond donors (Lipinski definition) is 2. The quantitative estimate of drug-likeness (QED) is 0.717. The number of benzene rings is 1. The second kappa shape index (κ2) is 10.1. The summed E-state index contributed by atoms with van der Waals surface area (Å²) in [4.78, 5) is 16.6. The summed E-state index contributed by atoms with van der Waals surface area (Å²) in [6, 6.07) is 9.78. The molecule has 150 valence electrons. The van der Waals surface area contributed by atoms with Crippen LogP contribution in [0.1, 0.15) is 37.7 Å². The normalized spacial score (nSPS) is 20.4. The highest BCUT2D eigenvalue weighted by molar-refractivity contribution is 5.74. The lowest BCUT2D eigenvalue weighted by Crippen LogP contribution is -2.48. The smallest absolute Gasteiger partial charge is 0.317 e. The van der Waals surface area contributed by atoms with Gasteiger partial charge in [0.1, 0.15) is 0 Å². The van der Waals surface area contributed by atoms with Gasteiger partial charge in [0.05, 0.1) is 18.8 Å². The Morgan fingerprint density at radius 2 is 1.74 bits per heavy atom. The van der Waals surface area contributed by atoms with E-state index in [0.29, 0.717) is 25.9 Å². The first-order chi connectivity index (χ1) is 13.2. The third kappa shape index (κ3) is 5.92. The lowest BCUT2D eigenvalue weighted by atomic mass is 9.84. The van der Waals surface area contributed by atoms with Crippen LogP contribution >= 0.6 is 0 Å². The van der Waals surface area contributed by atoms with Gasteiger partial charge in [-0.05, 0) is 37.8 Å². The molecule has 6 nitrogen and oxygen atoms in total. The highest BCUT2D eigenvalue weighted by atomic mass is 16.5. The van der Waals surface area contributed by atoms with Gasteiger partial charge in [-0.1, -0.05) is 36.8 Å². The van der Waals surface area contributed by atoms with Gasteiger partial charge in [0.2, 0.25) is 0 Å². The van der Waals surface area contributed by atoms with Gasteiger partial charge >= 0.3 is 6.03 Å². The Kier molecular flexibility index (Phi) is 7.50. The monoisotopic (exact) mass is 375 g/mol. The second-order valence-electron chi connectivity index (χ2n) is 7.63. The Morgan fingerprint density at radius 1 is 1.04 bits per heavy atom. The van der Waals surface area contributed by atoms with Crippen LogP contribution in [0.5, 0.6) is 0 Å². The van der Waals surface area contributed by atoms with E-state index in [-0.39, 0.29) is 6.03 Å². The van der Waals surface area contributed by atoms with E-state index in [2.05, 4.69) is 10.2 Å². The number of amides is 2. The van der Waals surface area contributed by atoms with Crippen LogP contribution in [-0.2, 0) is 10.3 Å². The molecule has 2 N–H and O–H groups in total. The molecule has 0 unspecified atom stereocenters. The molecule has 0 bridgehead atoms. The first-order valence-electron chi connectivity index (χ1n) is 10.3. The average Bonchev–Trinajstić information content (AvgIpc) is 2.72. The average molecular weight is 376 g/mol. The number of ether oxygens (including phenoxy) is 1. The SMILES string of the molecule is O=C(NCCCCCN1CCOCC1)N1CCC(O)(c2ccccc2)CC1. The molecule has 2 aliphatic heterocycles. The topological polar surface area (TPSA) is 65.0 Å². The summed E-state index contributed by atoms with van der Waals surface area (Å²) in [6.07, 6.45) is 4.49. The predicted octanol–water partition coefficient (Wildman–Crippen LogP) is 2.18.